The van der Waals surface area contributed by atoms with Gasteiger partial charge >= 0.3 is 0 Å². The number of sulfone groups is 1. The van der Waals surface area contributed by atoms with Crippen LogP contribution < -0.4 is 35.2 Å². The summed E-state index contributed by atoms with van der Waals surface area (Å²) in [7, 11) is -11.0. The highest BCUT2D eigenvalue weighted by atomic mass is 32.2. The van der Waals surface area contributed by atoms with Gasteiger partial charge in [0.25, 0.3) is 0 Å². The molecule has 0 amide bonds. The number of rotatable bonds is 25. The van der Waals surface area contributed by atoms with E-state index in [4.69, 9.17) is 13.8 Å². The van der Waals surface area contributed by atoms with Gasteiger partial charge in [0.15, 0.2) is 9.84 Å². The topological polar surface area (TPSA) is 268 Å². The summed E-state index contributed by atoms with van der Waals surface area (Å²) >= 11 is 1.30. The number of aliphatic hydroxyl groups excluding tert-OH is 2. The molecule has 2 aliphatic heterocycles. The molecule has 0 saturated carbocycles. The van der Waals surface area contributed by atoms with Crippen molar-refractivity contribution in [1.29, 1.82) is 0 Å². The second kappa shape index (κ2) is 41.3. The summed E-state index contributed by atoms with van der Waals surface area (Å²) in [5.41, 5.74) is 24.5. The predicted octanol–water partition coefficient (Wildman–Crippen LogP) is 16.7. The molecule has 0 spiro atoms. The Balaban J connectivity index is 0.000000161. The van der Waals surface area contributed by atoms with Crippen molar-refractivity contribution in [2.24, 2.45) is 0 Å². The molecule has 124 heavy (non-hydrogen) atoms. The van der Waals surface area contributed by atoms with Crippen molar-refractivity contribution in [2.45, 2.75) is 123 Å². The molecule has 0 saturated heterocycles. The standard InChI is InChI=1S/2C37H32O4S.C18H26N4O4S.C10H14O2S/c2*1-23-9-7-10-24(2)32(23)19-27-15-17-29-34(21-27)41-35-22-28(20-33-25(3)11-8-12-26(33)4)16-18-30(35)37(29)31-13-5-6-14-36(31)42(38,39)40;1-3-27(25,26)13-16-6-4-5-15(11-16)12-17-19-14(2)20-18(21-17)22(7-9-23)8-10-24;1-3-9-5-4-6-10(7-9)8-13-12-11-2/h2*5-19,21-22H,20H2,1-4H3,(H,38,39,40);4-6,11,23-24H,3,7-10,12-13H2,1-2H3;4-7H,3,8H2,1-2H3/p-2/b2*27-19+;;. The van der Waals surface area contributed by atoms with E-state index < -0.39 is 30.1 Å². The molecule has 0 fully saturated rings. The molecule has 13 aromatic rings. The van der Waals surface area contributed by atoms with E-state index in [0.29, 0.717) is 82.4 Å². The summed E-state index contributed by atoms with van der Waals surface area (Å²) in [4.78, 5) is 18.8. The van der Waals surface area contributed by atoms with E-state index in [2.05, 4.69) is 191 Å². The number of hydrogen-bond acceptors (Lipinski definition) is 19. The van der Waals surface area contributed by atoms with Crippen LogP contribution in [-0.4, -0.2) is 98.7 Å². The van der Waals surface area contributed by atoms with Crippen LogP contribution in [0.5, 0.6) is 23.0 Å². The Bertz CT molecular complexity index is 6360. The van der Waals surface area contributed by atoms with E-state index in [1.54, 1.807) is 61.2 Å². The maximum Gasteiger partial charge on any atom is 0.229 e. The number of hydrogen-bond donors (Lipinski definition) is 2. The summed E-state index contributed by atoms with van der Waals surface area (Å²) in [6.45, 7) is 22.9. The van der Waals surface area contributed by atoms with E-state index in [1.165, 1.54) is 98.0 Å². The van der Waals surface area contributed by atoms with E-state index in [1.807, 2.05) is 91.0 Å². The Labute approximate surface area is 732 Å². The van der Waals surface area contributed by atoms with Crippen LogP contribution in [0.1, 0.15) is 148 Å². The zero-order valence-corrected chi connectivity index (χ0v) is 75.0. The van der Waals surface area contributed by atoms with Gasteiger partial charge in [-0.05, 0) is 253 Å². The monoisotopic (exact) mass is 1730 g/mol. The maximum atomic E-state index is 12.4. The lowest BCUT2D eigenvalue weighted by Crippen LogP contribution is -2.32. The number of aromatic nitrogens is 3. The van der Waals surface area contributed by atoms with E-state index in [0.717, 1.165) is 90.4 Å². The first-order valence-corrected chi connectivity index (χ1v) is 46.5. The van der Waals surface area contributed by atoms with Gasteiger partial charge in [0.1, 0.15) is 54.9 Å². The normalized spacial score (nSPS) is 12.4. The van der Waals surface area contributed by atoms with Gasteiger partial charge in [-0.2, -0.15) is 14.3 Å². The zero-order chi connectivity index (χ0) is 88.6. The van der Waals surface area contributed by atoms with E-state index in [-0.39, 0.29) is 34.5 Å². The average molecular weight is 1740 g/mol. The Morgan fingerprint density at radius 3 is 1.27 bits per heavy atom. The summed E-state index contributed by atoms with van der Waals surface area (Å²) < 4.78 is 116. The molecule has 0 radical (unpaired) electrons. The Morgan fingerprint density at radius 1 is 0.419 bits per heavy atom. The van der Waals surface area contributed by atoms with Crippen molar-refractivity contribution in [3.63, 3.8) is 0 Å². The molecular formula is C102H102N4O14S4-2. The number of aliphatic hydroxyl groups is 2. The predicted molar refractivity (Wildman–Crippen MR) is 491 cm³/mol. The molecule has 0 atom stereocenters. The average Bonchev–Trinajstić information content (AvgIpc) is 0.746. The highest BCUT2D eigenvalue weighted by molar-refractivity contribution is 7.93. The Hall–Kier alpha value is -11.5. The molecule has 22 heteroatoms. The molecule has 2 N–H and O–H groups in total. The SMILES string of the molecule is CCS(=O)(=O)Cc1cccc(Cc2nc(C)nc(N(CCO)CCO)n2)c1.CCc1cccc(CSOOC)c1.Cc1cccc(C)c1/C=c1\ccc2c(c1)Oc1cc(Cc3c(C)cccc3C)ccc1C=2c1ccccc1S(=O)(=O)[O-].Cc1cccc(C)c1/C=c1\ccc2c(c1)Oc1cc(Cc3c(C)cccc3C)ccc1C=2c1ccccc1S(=O)(=O)[O-]. The fourth-order valence-corrected chi connectivity index (χ4v) is 18.2. The van der Waals surface area contributed by atoms with Crippen LogP contribution >= 0.6 is 12.0 Å². The third kappa shape index (κ3) is 23.1. The van der Waals surface area contributed by atoms with Crippen molar-refractivity contribution in [2.75, 3.05) is 44.1 Å². The first-order chi connectivity index (χ1) is 59.4. The van der Waals surface area contributed by atoms with Gasteiger partial charge < -0.3 is 33.7 Å². The van der Waals surface area contributed by atoms with Gasteiger partial charge in [-0.3, -0.25) is 0 Å². The fourth-order valence-electron chi connectivity index (χ4n) is 15.5. The molecule has 0 aliphatic carbocycles. The van der Waals surface area contributed by atoms with Crippen molar-refractivity contribution in [1.82, 2.24) is 15.0 Å². The third-order valence-electron chi connectivity index (χ3n) is 22.0. The fraction of sp³-hybridized carbons (Fsp3) is 0.225. The molecule has 2 aliphatic rings. The minimum absolute atomic E-state index is 0.0135. The van der Waals surface area contributed by atoms with Crippen molar-refractivity contribution in [3.05, 3.63) is 398 Å². The quantitative estimate of drug-likeness (QED) is 0.0177. The highest BCUT2D eigenvalue weighted by Crippen LogP contribution is 2.42. The molecule has 0 bridgehead atoms. The van der Waals surface area contributed by atoms with Crippen LogP contribution in [-0.2, 0) is 76.5 Å². The zero-order valence-electron chi connectivity index (χ0n) is 71.7. The van der Waals surface area contributed by atoms with Crippen LogP contribution in [0.3, 0.4) is 0 Å². The molecule has 0 unspecified atom stereocenters. The molecule has 1 aromatic heterocycles. The lowest BCUT2D eigenvalue weighted by molar-refractivity contribution is -0.160. The van der Waals surface area contributed by atoms with Crippen molar-refractivity contribution in [3.8, 4) is 23.0 Å². The Kier molecular flexibility index (Phi) is 30.6. The van der Waals surface area contributed by atoms with E-state index in [9.17, 15) is 44.6 Å². The maximum absolute atomic E-state index is 12.4. The minimum atomic E-state index is -4.72. The largest absolute Gasteiger partial charge is 0.744 e. The lowest BCUT2D eigenvalue weighted by atomic mass is 9.90. The van der Waals surface area contributed by atoms with Crippen LogP contribution in [0.4, 0.5) is 5.95 Å². The number of ether oxygens (including phenoxy) is 2. The van der Waals surface area contributed by atoms with Gasteiger partial charge in [-0.15, -0.1) is 0 Å². The van der Waals surface area contributed by atoms with E-state index >= 15 is 0 Å². The van der Waals surface area contributed by atoms with Crippen molar-refractivity contribution >= 4 is 71.4 Å². The van der Waals surface area contributed by atoms with Gasteiger partial charge in [0, 0.05) is 86.9 Å². The number of fused-ring (bicyclic) bond motifs is 4. The smallest absolute Gasteiger partial charge is 0.229 e. The second-order valence-corrected chi connectivity index (χ2v) is 36.6. The number of anilines is 1. The highest BCUT2D eigenvalue weighted by Gasteiger charge is 2.27. The molecular weight excluding hydrogens is 1630 g/mol. The molecule has 18 nitrogen and oxygen atoms in total. The number of nitrogens with zero attached hydrogens (tertiary/aromatic N) is 4. The molecule has 640 valence electrons. The Morgan fingerprint density at radius 2 is 0.831 bits per heavy atom. The van der Waals surface area contributed by atoms with Crippen LogP contribution in [0.15, 0.2) is 252 Å². The van der Waals surface area contributed by atoms with Crippen LogP contribution in [0, 0.1) is 62.3 Å². The third-order valence-corrected chi connectivity index (χ3v) is 26.1. The van der Waals surface area contributed by atoms with Gasteiger partial charge in [0.2, 0.25) is 5.95 Å². The van der Waals surface area contributed by atoms with Crippen molar-refractivity contribution < 1.29 is 63.3 Å². The second-order valence-electron chi connectivity index (χ2n) is 30.9. The molecule has 15 rings (SSSR count). The summed E-state index contributed by atoms with van der Waals surface area (Å²) in [5, 5.41) is 21.8. The minimum Gasteiger partial charge on any atom is -0.744 e. The van der Waals surface area contributed by atoms with Gasteiger partial charge in [-0.1, -0.05) is 208 Å². The first kappa shape index (κ1) is 91.7. The molecule has 12 aromatic carbocycles. The van der Waals surface area contributed by atoms with Gasteiger partial charge in [-0.25, -0.2) is 35.1 Å². The molecule has 3 heterocycles. The number of benzene rings is 12. The number of aryl methyl sites for hydroxylation is 10. The van der Waals surface area contributed by atoms with Crippen LogP contribution in [0.2, 0.25) is 0 Å². The van der Waals surface area contributed by atoms with Crippen LogP contribution in [0.25, 0.3) is 23.3 Å². The summed E-state index contributed by atoms with van der Waals surface area (Å²) in [5.74, 6) is 4.92. The van der Waals surface area contributed by atoms with Gasteiger partial charge in [0.05, 0.1) is 35.9 Å². The summed E-state index contributed by atoms with van der Waals surface area (Å²) in [6, 6.07) is 77.7. The summed E-state index contributed by atoms with van der Waals surface area (Å²) in [6.07, 6.45) is 7.26. The lowest BCUT2D eigenvalue weighted by Gasteiger charge is -2.24. The first-order valence-electron chi connectivity index (χ1n) is 41.0.